The number of carbonyl (C=O) groups excluding carboxylic acids is 3. The van der Waals surface area contributed by atoms with Gasteiger partial charge in [-0.05, 0) is 62.2 Å². The maximum atomic E-state index is 13.8. The highest BCUT2D eigenvalue weighted by atomic mass is 32.2. The van der Waals surface area contributed by atoms with Crippen LogP contribution in [0.1, 0.15) is 68.8 Å². The van der Waals surface area contributed by atoms with E-state index in [1.165, 1.54) is 44.0 Å². The van der Waals surface area contributed by atoms with Crippen molar-refractivity contribution in [2.45, 2.75) is 75.1 Å². The van der Waals surface area contributed by atoms with Crippen LogP contribution >= 0.6 is 11.8 Å². The fourth-order valence-electron chi connectivity index (χ4n) is 9.05. The quantitative estimate of drug-likeness (QED) is 0.182. The van der Waals surface area contributed by atoms with Gasteiger partial charge in [-0.2, -0.15) is 13.2 Å². The Morgan fingerprint density at radius 2 is 1.77 bits per heavy atom. The summed E-state index contributed by atoms with van der Waals surface area (Å²) >= 11 is 1.27. The van der Waals surface area contributed by atoms with Crippen LogP contribution in [-0.2, 0) is 31.7 Å². The number of phenols is 1. The molecule has 6 aliphatic rings. The number of halogens is 3. The molecule has 3 aromatic carbocycles. The number of hydrogen-bond donors (Lipinski definition) is 3. The molecule has 0 radical (unpaired) electrons. The molecule has 1 amide bonds. The van der Waals surface area contributed by atoms with Gasteiger partial charge in [0.15, 0.2) is 23.0 Å². The maximum Gasteiger partial charge on any atom is 0.416 e. The molecule has 17 heteroatoms. The number of thioether (sulfide) groups is 1. The van der Waals surface area contributed by atoms with Crippen LogP contribution in [0.5, 0.6) is 28.7 Å². The molecule has 3 N–H and O–H groups in total. The van der Waals surface area contributed by atoms with Gasteiger partial charge in [0.25, 0.3) is 0 Å². The Morgan fingerprint density at radius 3 is 2.46 bits per heavy atom. The van der Waals surface area contributed by atoms with Gasteiger partial charge in [0.1, 0.15) is 24.6 Å². The van der Waals surface area contributed by atoms with Crippen molar-refractivity contribution in [1.29, 1.82) is 0 Å². The number of amides is 1. The number of aromatic hydroxyl groups is 1. The third-order valence-corrected chi connectivity index (χ3v) is 12.9. The lowest BCUT2D eigenvalue weighted by molar-refractivity contribution is -0.184. The second-order valence-corrected chi connectivity index (χ2v) is 15.9. The van der Waals surface area contributed by atoms with Crippen LogP contribution in [0, 0.1) is 13.8 Å². The average molecular weight is 812 g/mol. The van der Waals surface area contributed by atoms with Gasteiger partial charge in [0, 0.05) is 47.0 Å². The van der Waals surface area contributed by atoms with E-state index in [1.54, 1.807) is 6.92 Å². The van der Waals surface area contributed by atoms with Gasteiger partial charge in [-0.1, -0.05) is 18.2 Å². The molecular weight excluding hydrogens is 772 g/mol. The minimum atomic E-state index is -4.51. The van der Waals surface area contributed by atoms with Crippen LogP contribution < -0.4 is 24.3 Å². The molecule has 57 heavy (non-hydrogen) atoms. The summed E-state index contributed by atoms with van der Waals surface area (Å²) in [5.74, 6) is -0.839. The van der Waals surface area contributed by atoms with Gasteiger partial charge >= 0.3 is 18.1 Å². The fourth-order valence-corrected chi connectivity index (χ4v) is 10.6. The molecule has 0 aromatic heterocycles. The number of benzene rings is 3. The highest BCUT2D eigenvalue weighted by molar-refractivity contribution is 7.99. The number of alkyl halides is 3. The zero-order valence-electron chi connectivity index (χ0n) is 31.5. The van der Waals surface area contributed by atoms with E-state index in [-0.39, 0.29) is 30.7 Å². The molecule has 302 valence electrons. The molecule has 9 rings (SSSR count). The number of aliphatic hydroxyl groups is 1. The van der Waals surface area contributed by atoms with Crippen LogP contribution in [-0.4, -0.2) is 95.5 Å². The normalized spacial score (nSPS) is 26.6. The number of rotatable bonds is 5. The molecule has 2 saturated heterocycles. The Labute approximate surface area is 329 Å². The molecule has 0 saturated carbocycles. The lowest BCUT2D eigenvalue weighted by Crippen LogP contribution is -2.69. The number of methoxy groups -OCH3 is 1. The standard InChI is InChI=1S/C40H40F3N3O10S/c1-17-12-21-13-24-38(50)46-25-14-53-39(51)23(44-26(48)11-8-20-6-9-22(10-7-20)40(41,42)43)15-57-37(31(46)30(45(24)4)27(21)32(49)33(17)52-5)29-28(25)36-35(54-16-55-36)18(2)34(29)56-19(3)47/h6-12,23-25,30-31,37-38,49-50H,13-16H2,1-5H3,(H,44,48)/b11-8+/t23-,24+,25+,30+,31?,37+,38-/m0/s1. The van der Waals surface area contributed by atoms with Gasteiger partial charge in [0.05, 0.1) is 36.0 Å². The number of aryl methyl sites for hydroxylation is 1. The Bertz CT molecular complexity index is 2200. The molecular formula is C40H40F3N3O10S. The summed E-state index contributed by atoms with van der Waals surface area (Å²) in [5.41, 5.74) is 3.30. The maximum absolute atomic E-state index is 13.8. The first-order chi connectivity index (χ1) is 27.1. The number of aliphatic hydroxyl groups excluding tert-OH is 1. The largest absolute Gasteiger partial charge is 0.504 e. The van der Waals surface area contributed by atoms with Gasteiger partial charge in [-0.25, -0.2) is 4.79 Å². The lowest BCUT2D eigenvalue weighted by Gasteiger charge is -2.62. The van der Waals surface area contributed by atoms with E-state index in [2.05, 4.69) is 5.32 Å². The van der Waals surface area contributed by atoms with Gasteiger partial charge in [-0.3, -0.25) is 19.4 Å². The van der Waals surface area contributed by atoms with Crippen LogP contribution in [0.15, 0.2) is 36.4 Å². The number of nitrogens with zero attached hydrogens (tertiary/aromatic N) is 2. The fraction of sp³-hybridized carbons (Fsp3) is 0.425. The predicted octanol–water partition coefficient (Wildman–Crippen LogP) is 4.87. The van der Waals surface area contributed by atoms with E-state index in [9.17, 15) is 37.8 Å². The number of carbonyl (C=O) groups is 3. The van der Waals surface area contributed by atoms with Crippen molar-refractivity contribution in [2.24, 2.45) is 0 Å². The Hall–Kier alpha value is -4.97. The molecule has 2 fully saturated rings. The minimum Gasteiger partial charge on any atom is -0.504 e. The second-order valence-electron chi connectivity index (χ2n) is 14.7. The van der Waals surface area contributed by atoms with Gasteiger partial charge in [-0.15, -0.1) is 11.8 Å². The molecule has 6 aliphatic heterocycles. The second kappa shape index (κ2) is 14.4. The number of fused-ring (bicyclic) bond motifs is 10. The predicted molar refractivity (Wildman–Crippen MR) is 199 cm³/mol. The monoisotopic (exact) mass is 811 g/mol. The van der Waals surface area contributed by atoms with E-state index < -0.39 is 71.3 Å². The summed E-state index contributed by atoms with van der Waals surface area (Å²) in [6, 6.07) is 2.47. The van der Waals surface area contributed by atoms with Crippen molar-refractivity contribution >= 4 is 35.7 Å². The topological polar surface area (TPSA) is 156 Å². The zero-order valence-corrected chi connectivity index (χ0v) is 32.3. The third kappa shape index (κ3) is 6.44. The Balaban J connectivity index is 1.24. The van der Waals surface area contributed by atoms with E-state index in [4.69, 9.17) is 23.7 Å². The summed E-state index contributed by atoms with van der Waals surface area (Å²) in [6.07, 6.45) is -2.78. The van der Waals surface area contributed by atoms with Crippen molar-refractivity contribution < 1.29 is 61.5 Å². The first-order valence-electron chi connectivity index (χ1n) is 18.3. The van der Waals surface area contributed by atoms with E-state index in [0.29, 0.717) is 51.5 Å². The smallest absolute Gasteiger partial charge is 0.416 e. The van der Waals surface area contributed by atoms with Crippen molar-refractivity contribution in [3.63, 3.8) is 0 Å². The summed E-state index contributed by atoms with van der Waals surface area (Å²) in [6.45, 7) is 4.44. The number of piperazine rings is 1. The summed E-state index contributed by atoms with van der Waals surface area (Å²) in [4.78, 5) is 43.8. The highest BCUT2D eigenvalue weighted by Gasteiger charge is 2.60. The van der Waals surface area contributed by atoms with Crippen molar-refractivity contribution in [1.82, 2.24) is 15.1 Å². The highest BCUT2D eigenvalue weighted by Crippen LogP contribution is 2.64. The van der Waals surface area contributed by atoms with E-state index in [0.717, 1.165) is 29.3 Å². The molecule has 0 aliphatic carbocycles. The van der Waals surface area contributed by atoms with Gasteiger partial charge < -0.3 is 39.2 Å². The lowest BCUT2D eigenvalue weighted by atomic mass is 9.73. The van der Waals surface area contributed by atoms with Crippen LogP contribution in [0.25, 0.3) is 6.08 Å². The van der Waals surface area contributed by atoms with Crippen molar-refractivity contribution in [3.8, 4) is 28.7 Å². The van der Waals surface area contributed by atoms with E-state index in [1.807, 2.05) is 29.8 Å². The number of ether oxygens (including phenoxy) is 5. The number of likely N-dealkylation sites (N-methyl/N-ethyl adjacent to an activating group) is 1. The number of esters is 2. The summed E-state index contributed by atoms with van der Waals surface area (Å²) < 4.78 is 68.8. The summed E-state index contributed by atoms with van der Waals surface area (Å²) in [5, 5.41) is 26.3. The number of nitrogens with one attached hydrogen (secondary N) is 1. The Morgan fingerprint density at radius 1 is 1.05 bits per heavy atom. The van der Waals surface area contributed by atoms with Crippen LogP contribution in [0.3, 0.4) is 0 Å². The molecule has 0 spiro atoms. The minimum absolute atomic E-state index is 0.0317. The summed E-state index contributed by atoms with van der Waals surface area (Å²) in [7, 11) is 3.36. The van der Waals surface area contributed by atoms with Crippen LogP contribution in [0.2, 0.25) is 0 Å². The third-order valence-electron chi connectivity index (χ3n) is 11.5. The molecule has 3 aromatic rings. The SMILES string of the molecule is COc1c(C)cc2c(c1O)[C@@H]1C3[C@@H]4SC[C@H](NC(=O)/C=C/c5ccc(C(F)(F)F)cc5)C(=O)OC[C@H](c5c6c(c(C)c(OC(C)=O)c54)OCO6)N3[C@@H](O)[C@@H](C2)N1C. The molecule has 6 heterocycles. The van der Waals surface area contributed by atoms with Crippen molar-refractivity contribution in [2.75, 3.05) is 33.3 Å². The molecule has 13 nitrogen and oxygen atoms in total. The van der Waals surface area contributed by atoms with Crippen LogP contribution in [0.4, 0.5) is 13.2 Å². The number of phenolic OH excluding ortho intramolecular Hbond substituents is 1. The average Bonchev–Trinajstić information content (AvgIpc) is 3.65. The van der Waals surface area contributed by atoms with E-state index >= 15 is 0 Å². The molecule has 4 bridgehead atoms. The van der Waals surface area contributed by atoms with Crippen molar-refractivity contribution in [3.05, 3.63) is 80.9 Å². The zero-order chi connectivity index (χ0) is 40.7. The molecule has 7 atom stereocenters. The Kier molecular flexibility index (Phi) is 9.85. The molecule has 1 unspecified atom stereocenters. The first-order valence-corrected chi connectivity index (χ1v) is 19.3. The van der Waals surface area contributed by atoms with Gasteiger partial charge in [0.2, 0.25) is 12.7 Å². The number of hydrogen-bond acceptors (Lipinski definition) is 13. The first kappa shape index (κ1) is 38.9.